The van der Waals surface area contributed by atoms with Gasteiger partial charge in [-0.05, 0) is 50.8 Å². The van der Waals surface area contributed by atoms with Crippen molar-refractivity contribution in [2.24, 2.45) is 0 Å². The second-order valence-corrected chi connectivity index (χ2v) is 5.94. The van der Waals surface area contributed by atoms with Crippen LogP contribution < -0.4 is 5.32 Å². The smallest absolute Gasteiger partial charge is 0.137 e. The highest BCUT2D eigenvalue weighted by Crippen LogP contribution is 2.22. The fourth-order valence-electron chi connectivity index (χ4n) is 3.04. The van der Waals surface area contributed by atoms with Crippen molar-refractivity contribution in [2.45, 2.75) is 57.8 Å². The molecule has 1 aliphatic carbocycles. The van der Waals surface area contributed by atoms with E-state index in [4.69, 9.17) is 4.74 Å². The number of ether oxygens (including phenoxy) is 1. The van der Waals surface area contributed by atoms with Crippen LogP contribution in [-0.2, 0) is 11.3 Å². The first-order valence-corrected chi connectivity index (χ1v) is 8.12. The van der Waals surface area contributed by atoms with Gasteiger partial charge in [0.15, 0.2) is 0 Å². The van der Waals surface area contributed by atoms with E-state index >= 15 is 0 Å². The van der Waals surface area contributed by atoms with Gasteiger partial charge in [-0.2, -0.15) is 0 Å². The van der Waals surface area contributed by atoms with Gasteiger partial charge in [0.2, 0.25) is 0 Å². The van der Waals surface area contributed by atoms with Gasteiger partial charge in [-0.1, -0.05) is 13.0 Å². The van der Waals surface area contributed by atoms with Crippen molar-refractivity contribution in [3.63, 3.8) is 0 Å². The summed E-state index contributed by atoms with van der Waals surface area (Å²) in [5, 5.41) is 3.61. The van der Waals surface area contributed by atoms with E-state index < -0.39 is 0 Å². The summed E-state index contributed by atoms with van der Waals surface area (Å²) in [6.45, 7) is 3.98. The molecule has 1 fully saturated rings. The van der Waals surface area contributed by atoms with Crippen molar-refractivity contribution < 1.29 is 4.74 Å². The van der Waals surface area contributed by atoms with Crippen LogP contribution in [0.3, 0.4) is 0 Å². The summed E-state index contributed by atoms with van der Waals surface area (Å²) in [7, 11) is 0. The summed E-state index contributed by atoms with van der Waals surface area (Å²) >= 11 is 0. The Kier molecular flexibility index (Phi) is 4.88. The molecule has 1 saturated carbocycles. The highest BCUT2D eigenvalue weighted by Gasteiger charge is 2.21. The van der Waals surface area contributed by atoms with E-state index in [1.165, 1.54) is 19.3 Å². The molecule has 0 unspecified atom stereocenters. The maximum Gasteiger partial charge on any atom is 0.137 e. The first kappa shape index (κ1) is 14.5. The lowest BCUT2D eigenvalue weighted by molar-refractivity contribution is 0.0100. The summed E-state index contributed by atoms with van der Waals surface area (Å²) in [5.74, 6) is 0. The Morgan fingerprint density at radius 2 is 2.14 bits per heavy atom. The Morgan fingerprint density at radius 3 is 2.90 bits per heavy atom. The number of nitrogens with one attached hydrogen (secondary N) is 1. The lowest BCUT2D eigenvalue weighted by Gasteiger charge is -2.29. The topological polar surface area (TPSA) is 38.6 Å². The predicted molar refractivity (Wildman–Crippen MR) is 84.3 cm³/mol. The average molecular weight is 287 g/mol. The van der Waals surface area contributed by atoms with Crippen molar-refractivity contribution in [1.82, 2.24) is 14.7 Å². The minimum atomic E-state index is 0.398. The third kappa shape index (κ3) is 3.83. The van der Waals surface area contributed by atoms with E-state index in [9.17, 15) is 0 Å². The van der Waals surface area contributed by atoms with Crippen LogP contribution >= 0.6 is 0 Å². The van der Waals surface area contributed by atoms with Crippen LogP contribution in [0.25, 0.3) is 5.65 Å². The number of aromatic nitrogens is 2. The molecule has 0 aromatic carbocycles. The molecule has 0 bridgehead atoms. The Hall–Kier alpha value is -1.39. The molecular formula is C17H25N3O. The van der Waals surface area contributed by atoms with Crippen molar-refractivity contribution in [2.75, 3.05) is 6.54 Å². The van der Waals surface area contributed by atoms with Gasteiger partial charge in [-0.3, -0.25) is 0 Å². The molecular weight excluding hydrogens is 262 g/mol. The lowest BCUT2D eigenvalue weighted by atomic mass is 9.93. The largest absolute Gasteiger partial charge is 0.372 e. The molecule has 3 rings (SSSR count). The minimum absolute atomic E-state index is 0.398. The van der Waals surface area contributed by atoms with Gasteiger partial charge in [-0.25, -0.2) is 4.98 Å². The standard InChI is InChI=1S/C17H25N3O/c1-2-10-18-14-6-8-16(9-7-14)21-13-15-12-20-11-4-3-5-17(20)19-15/h3-5,11-12,14,16,18H,2,6-10,13H2,1H3. The Balaban J connectivity index is 1.45. The molecule has 0 spiro atoms. The molecule has 0 saturated heterocycles. The van der Waals surface area contributed by atoms with Crippen LogP contribution in [0, 0.1) is 0 Å². The Morgan fingerprint density at radius 1 is 1.29 bits per heavy atom. The molecule has 4 heteroatoms. The summed E-state index contributed by atoms with van der Waals surface area (Å²) in [6.07, 6.45) is 10.5. The molecule has 0 aliphatic heterocycles. The summed E-state index contributed by atoms with van der Waals surface area (Å²) < 4.78 is 8.09. The zero-order chi connectivity index (χ0) is 14.5. The third-order valence-electron chi connectivity index (χ3n) is 4.24. The van der Waals surface area contributed by atoms with E-state index in [-0.39, 0.29) is 0 Å². The van der Waals surface area contributed by atoms with Crippen LogP contribution in [0.2, 0.25) is 0 Å². The molecule has 0 amide bonds. The number of rotatable bonds is 6. The maximum atomic E-state index is 6.05. The molecule has 0 atom stereocenters. The highest BCUT2D eigenvalue weighted by molar-refractivity contribution is 5.39. The normalized spacial score (nSPS) is 22.7. The summed E-state index contributed by atoms with van der Waals surface area (Å²) in [5.41, 5.74) is 2.01. The van der Waals surface area contributed by atoms with Gasteiger partial charge in [0, 0.05) is 18.4 Å². The van der Waals surface area contributed by atoms with E-state index in [1.807, 2.05) is 28.8 Å². The SMILES string of the molecule is CCCNC1CCC(OCc2cn3ccccc3n2)CC1. The molecule has 114 valence electrons. The first-order valence-electron chi connectivity index (χ1n) is 8.12. The number of hydrogen-bond acceptors (Lipinski definition) is 3. The van der Waals surface area contributed by atoms with Gasteiger partial charge >= 0.3 is 0 Å². The van der Waals surface area contributed by atoms with E-state index in [0.29, 0.717) is 18.8 Å². The minimum Gasteiger partial charge on any atom is -0.372 e. The molecule has 4 nitrogen and oxygen atoms in total. The van der Waals surface area contributed by atoms with Crippen molar-refractivity contribution >= 4 is 5.65 Å². The zero-order valence-electron chi connectivity index (χ0n) is 12.8. The molecule has 1 N–H and O–H groups in total. The van der Waals surface area contributed by atoms with Gasteiger partial charge in [0.25, 0.3) is 0 Å². The number of hydrogen-bond donors (Lipinski definition) is 1. The fourth-order valence-corrected chi connectivity index (χ4v) is 3.04. The van der Waals surface area contributed by atoms with Crippen LogP contribution in [0.15, 0.2) is 30.6 Å². The summed E-state index contributed by atoms with van der Waals surface area (Å²) in [4.78, 5) is 4.58. The van der Waals surface area contributed by atoms with Crippen LogP contribution in [0.1, 0.15) is 44.7 Å². The summed E-state index contributed by atoms with van der Waals surface area (Å²) in [6, 6.07) is 6.75. The monoisotopic (exact) mass is 287 g/mol. The molecule has 2 aromatic rings. The lowest BCUT2D eigenvalue weighted by Crippen LogP contribution is -2.35. The third-order valence-corrected chi connectivity index (χ3v) is 4.24. The second-order valence-electron chi connectivity index (χ2n) is 5.94. The number of fused-ring (bicyclic) bond motifs is 1. The van der Waals surface area contributed by atoms with Gasteiger partial charge in [0.1, 0.15) is 5.65 Å². The fraction of sp³-hybridized carbons (Fsp3) is 0.588. The van der Waals surface area contributed by atoms with Gasteiger partial charge in [0.05, 0.1) is 18.4 Å². The van der Waals surface area contributed by atoms with Crippen LogP contribution in [-0.4, -0.2) is 28.1 Å². The molecule has 1 aliphatic rings. The first-order chi connectivity index (χ1) is 10.3. The molecule has 0 radical (unpaired) electrons. The van der Waals surface area contributed by atoms with E-state index in [2.05, 4.69) is 23.4 Å². The maximum absolute atomic E-state index is 6.05. The van der Waals surface area contributed by atoms with Crippen LogP contribution in [0.4, 0.5) is 0 Å². The highest BCUT2D eigenvalue weighted by atomic mass is 16.5. The van der Waals surface area contributed by atoms with E-state index in [1.54, 1.807) is 0 Å². The van der Waals surface area contributed by atoms with Crippen molar-refractivity contribution in [1.29, 1.82) is 0 Å². The van der Waals surface area contributed by atoms with Gasteiger partial charge in [-0.15, -0.1) is 0 Å². The Labute approximate surface area is 126 Å². The molecule has 21 heavy (non-hydrogen) atoms. The van der Waals surface area contributed by atoms with Crippen LogP contribution in [0.5, 0.6) is 0 Å². The van der Waals surface area contributed by atoms with Gasteiger partial charge < -0.3 is 14.5 Å². The Bertz CT molecular complexity index is 525. The predicted octanol–water partition coefficient (Wildman–Crippen LogP) is 3.16. The van der Waals surface area contributed by atoms with Crippen molar-refractivity contribution in [3.8, 4) is 0 Å². The zero-order valence-corrected chi connectivity index (χ0v) is 12.8. The number of imidazole rings is 1. The quantitative estimate of drug-likeness (QED) is 0.887. The van der Waals surface area contributed by atoms with E-state index in [0.717, 1.165) is 30.7 Å². The molecule has 2 aromatic heterocycles. The number of nitrogens with zero attached hydrogens (tertiary/aromatic N) is 2. The second kappa shape index (κ2) is 7.05. The van der Waals surface area contributed by atoms with Crippen molar-refractivity contribution in [3.05, 3.63) is 36.3 Å². The number of pyridine rings is 1. The molecule has 2 heterocycles. The average Bonchev–Trinajstić information content (AvgIpc) is 2.95.